The number of hydrogen-bond acceptors (Lipinski definition) is 4. The predicted octanol–water partition coefficient (Wildman–Crippen LogP) is 4.36. The van der Waals surface area contributed by atoms with Gasteiger partial charge in [0, 0.05) is 24.7 Å². The first-order valence-corrected chi connectivity index (χ1v) is 10.7. The fraction of sp³-hybridized carbons (Fsp3) is 0.280. The van der Waals surface area contributed by atoms with Crippen molar-refractivity contribution < 1.29 is 9.53 Å². The van der Waals surface area contributed by atoms with Crippen molar-refractivity contribution in [2.24, 2.45) is 5.73 Å². The van der Waals surface area contributed by atoms with Crippen LogP contribution in [0.3, 0.4) is 0 Å². The van der Waals surface area contributed by atoms with Crippen molar-refractivity contribution in [3.63, 3.8) is 0 Å². The van der Waals surface area contributed by atoms with Crippen LogP contribution < -0.4 is 20.7 Å². The van der Waals surface area contributed by atoms with E-state index in [2.05, 4.69) is 29.6 Å². The number of amides is 1. The molecule has 0 aromatic heterocycles. The molecule has 6 nitrogen and oxygen atoms in total. The first-order valence-electron chi connectivity index (χ1n) is 10.7. The molecule has 0 spiro atoms. The number of nitrogens with zero attached hydrogens (tertiary/aromatic N) is 1. The molecule has 5 rings (SSSR count). The molecule has 0 bridgehead atoms. The van der Waals surface area contributed by atoms with Crippen LogP contribution in [-0.2, 0) is 11.2 Å². The second-order valence-electron chi connectivity index (χ2n) is 8.37. The lowest BCUT2D eigenvalue weighted by atomic mass is 9.97. The van der Waals surface area contributed by atoms with Crippen LogP contribution in [0.4, 0.5) is 5.69 Å². The van der Waals surface area contributed by atoms with Crippen LogP contribution in [0.15, 0.2) is 54.6 Å². The van der Waals surface area contributed by atoms with E-state index in [4.69, 9.17) is 15.9 Å². The number of nitrogens with one attached hydrogen (secondary N) is 2. The third-order valence-corrected chi connectivity index (χ3v) is 6.25. The normalized spacial score (nSPS) is 18.9. The summed E-state index contributed by atoms with van der Waals surface area (Å²) in [5.74, 6) is 0.937. The Morgan fingerprint density at radius 2 is 1.88 bits per heavy atom. The van der Waals surface area contributed by atoms with E-state index in [1.54, 1.807) is 6.92 Å². The van der Waals surface area contributed by atoms with Crippen molar-refractivity contribution in [3.8, 4) is 5.75 Å². The van der Waals surface area contributed by atoms with Gasteiger partial charge in [-0.2, -0.15) is 0 Å². The fourth-order valence-corrected chi connectivity index (χ4v) is 4.72. The summed E-state index contributed by atoms with van der Waals surface area (Å²) in [4.78, 5) is 14.5. The van der Waals surface area contributed by atoms with Gasteiger partial charge >= 0.3 is 0 Å². The highest BCUT2D eigenvalue weighted by molar-refractivity contribution is 5.99. The van der Waals surface area contributed by atoms with E-state index < -0.39 is 0 Å². The second kappa shape index (κ2) is 10.00. The number of amidine groups is 1. The van der Waals surface area contributed by atoms with Crippen LogP contribution >= 0.6 is 24.8 Å². The summed E-state index contributed by atoms with van der Waals surface area (Å²) in [6, 6.07) is 18.0. The minimum atomic E-state index is -0.0683. The van der Waals surface area contributed by atoms with Crippen molar-refractivity contribution >= 4 is 53.0 Å². The molecule has 1 fully saturated rings. The van der Waals surface area contributed by atoms with Crippen LogP contribution in [0, 0.1) is 5.41 Å². The quantitative estimate of drug-likeness (QED) is 0.377. The third-order valence-electron chi connectivity index (χ3n) is 6.25. The molecule has 3 aromatic carbocycles. The third kappa shape index (κ3) is 4.78. The number of hydrogen-bond donors (Lipinski definition) is 3. The largest absolute Gasteiger partial charge is 0.489 e. The summed E-state index contributed by atoms with van der Waals surface area (Å²) in [6.07, 6.45) is 1.96. The monoisotopic (exact) mass is 486 g/mol. The number of anilines is 1. The number of benzene rings is 3. The van der Waals surface area contributed by atoms with Gasteiger partial charge in [-0.25, -0.2) is 0 Å². The maximum atomic E-state index is 12.6. The molecule has 3 aromatic rings. The van der Waals surface area contributed by atoms with Gasteiger partial charge in [-0.1, -0.05) is 24.3 Å². The predicted molar refractivity (Wildman–Crippen MR) is 137 cm³/mol. The number of rotatable bonds is 4. The van der Waals surface area contributed by atoms with Crippen molar-refractivity contribution in [1.29, 1.82) is 5.41 Å². The lowest BCUT2D eigenvalue weighted by molar-refractivity contribution is -0.116. The molecule has 2 heterocycles. The highest BCUT2D eigenvalue weighted by Crippen LogP contribution is 2.42. The summed E-state index contributed by atoms with van der Waals surface area (Å²) in [6.45, 7) is 3.48. The Labute approximate surface area is 205 Å². The highest BCUT2D eigenvalue weighted by Gasteiger charge is 2.33. The number of halogens is 2. The summed E-state index contributed by atoms with van der Waals surface area (Å²) in [5, 5.41) is 13.1. The lowest BCUT2D eigenvalue weighted by Crippen LogP contribution is -2.29. The smallest absolute Gasteiger partial charge is 0.224 e. The van der Waals surface area contributed by atoms with E-state index in [1.807, 2.05) is 35.2 Å². The van der Waals surface area contributed by atoms with Crippen LogP contribution in [0.1, 0.15) is 36.1 Å². The zero-order valence-electron chi connectivity index (χ0n) is 18.3. The van der Waals surface area contributed by atoms with Crippen LogP contribution in [-0.4, -0.2) is 30.9 Å². The van der Waals surface area contributed by atoms with Gasteiger partial charge in [0.2, 0.25) is 5.91 Å². The van der Waals surface area contributed by atoms with Crippen molar-refractivity contribution in [3.05, 3.63) is 71.3 Å². The molecular weight excluding hydrogens is 459 g/mol. The van der Waals surface area contributed by atoms with E-state index in [-0.39, 0.29) is 48.7 Å². The Morgan fingerprint density at radius 1 is 1.09 bits per heavy atom. The molecule has 2 aliphatic rings. The summed E-state index contributed by atoms with van der Waals surface area (Å²) < 4.78 is 6.13. The van der Waals surface area contributed by atoms with Gasteiger partial charge in [0.15, 0.2) is 0 Å². The van der Waals surface area contributed by atoms with Crippen LogP contribution in [0.25, 0.3) is 10.8 Å². The molecular formula is C25H28Cl2N4O2. The number of fused-ring (bicyclic) bond motifs is 2. The maximum Gasteiger partial charge on any atom is 0.224 e. The number of carbonyl (C=O) groups is 1. The fourth-order valence-electron chi connectivity index (χ4n) is 4.72. The van der Waals surface area contributed by atoms with Gasteiger partial charge in [-0.3, -0.25) is 10.2 Å². The molecule has 1 saturated heterocycles. The van der Waals surface area contributed by atoms with Gasteiger partial charge in [-0.15, -0.1) is 24.8 Å². The average molecular weight is 487 g/mol. The second-order valence-corrected chi connectivity index (χ2v) is 8.37. The lowest BCUT2D eigenvalue weighted by Gasteiger charge is -2.25. The highest BCUT2D eigenvalue weighted by atomic mass is 35.5. The van der Waals surface area contributed by atoms with E-state index in [9.17, 15) is 4.79 Å². The van der Waals surface area contributed by atoms with Gasteiger partial charge in [0.1, 0.15) is 17.7 Å². The van der Waals surface area contributed by atoms with Gasteiger partial charge in [0.25, 0.3) is 0 Å². The van der Waals surface area contributed by atoms with Crippen molar-refractivity contribution in [2.45, 2.75) is 31.9 Å². The topological polar surface area (TPSA) is 91.4 Å². The van der Waals surface area contributed by atoms with Gasteiger partial charge in [0.05, 0.1) is 6.04 Å². The molecule has 2 atom stereocenters. The Hall–Kier alpha value is -2.80. The minimum Gasteiger partial charge on any atom is -0.489 e. The standard InChI is InChI=1S/C25H26N4O2.2ClH/c1-15(30)29-23-7-6-21(31-22-8-9-28-14-22)12-20(23)13-24(29)17-4-2-16-3-5-18(25(26)27)11-19(16)10-17;;/h2-7,10-12,22,24,28H,8-9,13-14H2,1H3,(H3,26,27);2*1H. The zero-order chi connectivity index (χ0) is 21.5. The Balaban J connectivity index is 0.00000153. The molecule has 174 valence electrons. The summed E-state index contributed by atoms with van der Waals surface area (Å²) in [5.41, 5.74) is 9.52. The van der Waals surface area contributed by atoms with E-state index in [0.717, 1.165) is 59.3 Å². The van der Waals surface area contributed by atoms with Crippen LogP contribution in [0.2, 0.25) is 0 Å². The molecule has 4 N–H and O–H groups in total. The van der Waals surface area contributed by atoms with Crippen molar-refractivity contribution in [2.75, 3.05) is 18.0 Å². The molecule has 0 aliphatic carbocycles. The first-order chi connectivity index (χ1) is 15.0. The molecule has 1 amide bonds. The SMILES string of the molecule is CC(=O)N1c2ccc(OC3CCNC3)cc2CC1c1ccc2ccc(C(=N)N)cc2c1.Cl.Cl. The van der Waals surface area contributed by atoms with E-state index in [0.29, 0.717) is 5.56 Å². The first kappa shape index (κ1) is 24.8. The maximum absolute atomic E-state index is 12.6. The van der Waals surface area contributed by atoms with E-state index in [1.165, 1.54) is 0 Å². The van der Waals surface area contributed by atoms with Gasteiger partial charge < -0.3 is 20.7 Å². The Bertz CT molecular complexity index is 1190. The number of ether oxygens (including phenoxy) is 1. The minimum absolute atomic E-state index is 0. The molecule has 8 heteroatoms. The number of nitrogens with two attached hydrogens (primary N) is 1. The molecule has 0 radical (unpaired) electrons. The number of carbonyl (C=O) groups excluding carboxylic acids is 1. The van der Waals surface area contributed by atoms with E-state index >= 15 is 0 Å². The molecule has 33 heavy (non-hydrogen) atoms. The Morgan fingerprint density at radius 3 is 2.58 bits per heavy atom. The number of nitrogen functional groups attached to an aromatic ring is 1. The summed E-state index contributed by atoms with van der Waals surface area (Å²) in [7, 11) is 0. The zero-order valence-corrected chi connectivity index (χ0v) is 20.0. The van der Waals surface area contributed by atoms with Crippen molar-refractivity contribution in [1.82, 2.24) is 5.32 Å². The Kier molecular flexibility index (Phi) is 7.52. The molecule has 0 saturated carbocycles. The molecule has 2 aliphatic heterocycles. The van der Waals surface area contributed by atoms with Crippen LogP contribution in [0.5, 0.6) is 5.75 Å². The average Bonchev–Trinajstić information content (AvgIpc) is 3.40. The summed E-state index contributed by atoms with van der Waals surface area (Å²) >= 11 is 0. The van der Waals surface area contributed by atoms with Gasteiger partial charge in [-0.05, 0) is 71.6 Å². The molecule has 2 unspecified atom stereocenters.